The monoisotopic (exact) mass is 409 g/mol. The number of morpholine rings is 1. The molecule has 1 aliphatic heterocycles. The van der Waals surface area contributed by atoms with Crippen molar-refractivity contribution in [2.45, 2.75) is 4.90 Å². The van der Waals surface area contributed by atoms with E-state index in [4.69, 9.17) is 14.6 Å². The molecule has 1 fully saturated rings. The molecule has 10 heteroatoms. The zero-order chi connectivity index (χ0) is 20.3. The van der Waals surface area contributed by atoms with Gasteiger partial charge in [-0.05, 0) is 36.4 Å². The number of nitrogens with one attached hydrogen (secondary N) is 1. The first-order valence-corrected chi connectivity index (χ1v) is 9.98. The van der Waals surface area contributed by atoms with Crippen LogP contribution in [-0.2, 0) is 14.8 Å². The smallest absolute Gasteiger partial charge is 0.259 e. The Labute approximate surface area is 162 Å². The molecular formula is C18H20FN3O5S. The zero-order valence-electron chi connectivity index (χ0n) is 15.1. The number of carbonyl (C=O) groups is 1. The number of carbonyl (C=O) groups excluding carboxylic acids is 1. The van der Waals surface area contributed by atoms with E-state index in [0.717, 1.165) is 6.07 Å². The summed E-state index contributed by atoms with van der Waals surface area (Å²) in [6.45, 7) is 2.22. The minimum Gasteiger partial charge on any atom is -0.496 e. The number of benzene rings is 2. The summed E-state index contributed by atoms with van der Waals surface area (Å²) < 4.78 is 47.9. The molecule has 2 aromatic carbocycles. The molecule has 150 valence electrons. The van der Waals surface area contributed by atoms with E-state index >= 15 is 0 Å². The van der Waals surface area contributed by atoms with Crippen LogP contribution in [0.25, 0.3) is 0 Å². The van der Waals surface area contributed by atoms with Gasteiger partial charge < -0.3 is 19.7 Å². The highest BCUT2D eigenvalue weighted by Crippen LogP contribution is 2.26. The van der Waals surface area contributed by atoms with Crippen molar-refractivity contribution in [2.75, 3.05) is 43.6 Å². The molecule has 1 saturated heterocycles. The Hall–Kier alpha value is -2.69. The fourth-order valence-corrected chi connectivity index (χ4v) is 3.43. The van der Waals surface area contributed by atoms with Crippen LogP contribution in [0.4, 0.5) is 15.8 Å². The van der Waals surface area contributed by atoms with E-state index < -0.39 is 21.7 Å². The summed E-state index contributed by atoms with van der Waals surface area (Å²) in [7, 11) is -2.65. The number of nitrogens with zero attached hydrogens (tertiary/aromatic N) is 1. The molecule has 8 nitrogen and oxygen atoms in total. The van der Waals surface area contributed by atoms with E-state index in [-0.39, 0.29) is 21.9 Å². The Morgan fingerprint density at radius 2 is 1.93 bits per heavy atom. The maximum absolute atomic E-state index is 14.5. The van der Waals surface area contributed by atoms with Crippen molar-refractivity contribution >= 4 is 27.3 Å². The average molecular weight is 409 g/mol. The number of methoxy groups -OCH3 is 1. The van der Waals surface area contributed by atoms with Gasteiger partial charge in [0.2, 0.25) is 10.0 Å². The van der Waals surface area contributed by atoms with Crippen molar-refractivity contribution in [3.05, 3.63) is 47.8 Å². The Balaban J connectivity index is 1.84. The molecule has 3 N–H and O–H groups in total. The van der Waals surface area contributed by atoms with Gasteiger partial charge in [0.25, 0.3) is 5.91 Å². The lowest BCUT2D eigenvalue weighted by Crippen LogP contribution is -2.36. The number of ether oxygens (including phenoxy) is 2. The standard InChI is InChI=1S/C18H20FN3O5S/c1-26-17-5-3-13(28(20,24)25)11-14(17)18(23)21-12-2-4-16(15(19)10-12)22-6-8-27-9-7-22/h2-5,10-11H,6-9H2,1H3,(H,21,23)(H2,20,24,25). The third-order valence-corrected chi connectivity index (χ3v) is 5.21. The van der Waals surface area contributed by atoms with E-state index in [2.05, 4.69) is 5.32 Å². The molecule has 0 spiro atoms. The van der Waals surface area contributed by atoms with Crippen LogP contribution in [0.1, 0.15) is 10.4 Å². The first-order valence-electron chi connectivity index (χ1n) is 8.44. The first-order chi connectivity index (χ1) is 13.3. The van der Waals surface area contributed by atoms with Crippen molar-refractivity contribution in [3.63, 3.8) is 0 Å². The molecule has 0 saturated carbocycles. The first kappa shape index (κ1) is 20.1. The van der Waals surface area contributed by atoms with Crippen molar-refractivity contribution in [1.29, 1.82) is 0 Å². The summed E-state index contributed by atoms with van der Waals surface area (Å²) in [5.74, 6) is -0.971. The predicted octanol–water partition coefficient (Wildman–Crippen LogP) is 1.57. The Morgan fingerprint density at radius 1 is 1.21 bits per heavy atom. The molecule has 28 heavy (non-hydrogen) atoms. The van der Waals surface area contributed by atoms with Crippen LogP contribution in [0, 0.1) is 5.82 Å². The molecular weight excluding hydrogens is 389 g/mol. The number of hydrogen-bond donors (Lipinski definition) is 2. The lowest BCUT2D eigenvalue weighted by molar-refractivity contribution is 0.102. The van der Waals surface area contributed by atoms with Crippen LogP contribution in [0.2, 0.25) is 0 Å². The molecule has 0 bridgehead atoms. The zero-order valence-corrected chi connectivity index (χ0v) is 16.0. The highest BCUT2D eigenvalue weighted by atomic mass is 32.2. The van der Waals surface area contributed by atoms with Gasteiger partial charge in [0, 0.05) is 18.8 Å². The normalized spacial score (nSPS) is 14.6. The van der Waals surface area contributed by atoms with Gasteiger partial charge in [-0.1, -0.05) is 0 Å². The van der Waals surface area contributed by atoms with Crippen molar-refractivity contribution < 1.29 is 27.1 Å². The summed E-state index contributed by atoms with van der Waals surface area (Å²) in [5.41, 5.74) is 0.615. The van der Waals surface area contributed by atoms with Crippen molar-refractivity contribution in [2.24, 2.45) is 5.14 Å². The summed E-state index contributed by atoms with van der Waals surface area (Å²) in [6, 6.07) is 8.04. The molecule has 3 rings (SSSR count). The van der Waals surface area contributed by atoms with Gasteiger partial charge in [-0.2, -0.15) is 0 Å². The lowest BCUT2D eigenvalue weighted by Gasteiger charge is -2.29. The summed E-state index contributed by atoms with van der Waals surface area (Å²) in [5, 5.41) is 7.66. The molecule has 0 aliphatic carbocycles. The number of nitrogens with two attached hydrogens (primary N) is 1. The van der Waals surface area contributed by atoms with Gasteiger partial charge in [0.05, 0.1) is 36.5 Å². The second-order valence-electron chi connectivity index (χ2n) is 6.13. The van der Waals surface area contributed by atoms with E-state index in [1.165, 1.54) is 25.3 Å². The molecule has 1 heterocycles. The van der Waals surface area contributed by atoms with E-state index in [1.807, 2.05) is 4.90 Å². The molecule has 0 unspecified atom stereocenters. The van der Waals surface area contributed by atoms with E-state index in [1.54, 1.807) is 12.1 Å². The molecule has 2 aromatic rings. The van der Waals surface area contributed by atoms with Crippen LogP contribution < -0.4 is 20.1 Å². The molecule has 0 atom stereocenters. The average Bonchev–Trinajstić information content (AvgIpc) is 2.67. The van der Waals surface area contributed by atoms with Crippen molar-refractivity contribution in [1.82, 2.24) is 0 Å². The van der Waals surface area contributed by atoms with E-state index in [0.29, 0.717) is 32.0 Å². The Bertz CT molecular complexity index is 991. The van der Waals surface area contributed by atoms with Gasteiger partial charge >= 0.3 is 0 Å². The highest BCUT2D eigenvalue weighted by molar-refractivity contribution is 7.89. The fourth-order valence-electron chi connectivity index (χ4n) is 2.89. The van der Waals surface area contributed by atoms with Gasteiger partial charge in [-0.3, -0.25) is 4.79 Å². The van der Waals surface area contributed by atoms with Crippen LogP contribution >= 0.6 is 0 Å². The van der Waals surface area contributed by atoms with Crippen LogP contribution in [0.5, 0.6) is 5.75 Å². The topological polar surface area (TPSA) is 111 Å². The molecule has 0 aromatic heterocycles. The van der Waals surface area contributed by atoms with Crippen LogP contribution in [0.3, 0.4) is 0 Å². The summed E-state index contributed by atoms with van der Waals surface area (Å²) in [4.78, 5) is 14.2. The number of sulfonamides is 1. The third kappa shape index (κ3) is 4.41. The van der Waals surface area contributed by atoms with Gasteiger partial charge in [0.1, 0.15) is 11.6 Å². The second kappa shape index (κ2) is 8.13. The number of primary sulfonamides is 1. The number of hydrogen-bond acceptors (Lipinski definition) is 6. The predicted molar refractivity (Wildman–Crippen MR) is 102 cm³/mol. The van der Waals surface area contributed by atoms with Crippen LogP contribution in [-0.4, -0.2) is 47.7 Å². The second-order valence-corrected chi connectivity index (χ2v) is 7.69. The largest absolute Gasteiger partial charge is 0.496 e. The maximum Gasteiger partial charge on any atom is 0.259 e. The highest BCUT2D eigenvalue weighted by Gasteiger charge is 2.19. The quantitative estimate of drug-likeness (QED) is 0.776. The number of amides is 1. The SMILES string of the molecule is COc1ccc(S(N)(=O)=O)cc1C(=O)Nc1ccc(N2CCOCC2)c(F)c1. The van der Waals surface area contributed by atoms with E-state index in [9.17, 15) is 17.6 Å². The number of anilines is 2. The molecule has 0 radical (unpaired) electrons. The van der Waals surface area contributed by atoms with Gasteiger partial charge in [-0.25, -0.2) is 17.9 Å². The minimum absolute atomic E-state index is 0.0355. The summed E-state index contributed by atoms with van der Waals surface area (Å²) >= 11 is 0. The van der Waals surface area contributed by atoms with Gasteiger partial charge in [-0.15, -0.1) is 0 Å². The lowest BCUT2D eigenvalue weighted by atomic mass is 10.1. The third-order valence-electron chi connectivity index (χ3n) is 4.30. The Morgan fingerprint density at radius 3 is 2.54 bits per heavy atom. The fraction of sp³-hybridized carbons (Fsp3) is 0.278. The Kier molecular flexibility index (Phi) is 5.82. The number of rotatable bonds is 5. The number of halogens is 1. The maximum atomic E-state index is 14.5. The molecule has 1 aliphatic rings. The molecule has 1 amide bonds. The summed E-state index contributed by atoms with van der Waals surface area (Å²) in [6.07, 6.45) is 0. The minimum atomic E-state index is -3.99. The van der Waals surface area contributed by atoms with Gasteiger partial charge in [0.15, 0.2) is 0 Å². The van der Waals surface area contributed by atoms with Crippen LogP contribution in [0.15, 0.2) is 41.3 Å². The van der Waals surface area contributed by atoms with Crippen molar-refractivity contribution in [3.8, 4) is 5.75 Å².